The SMILES string of the molecule is C=CCc1cc(OC)c(OCC2CO2)c(-c2cc(CC3CO3)cc(OC)c2OCC2CO2)c1. The Balaban J connectivity index is 1.63. The molecule has 0 aliphatic carbocycles. The van der Waals surface area contributed by atoms with Gasteiger partial charge < -0.3 is 33.2 Å². The first-order chi connectivity index (χ1) is 16.2. The Kier molecular flexibility index (Phi) is 6.44. The third-order valence-electron chi connectivity index (χ3n) is 5.84. The molecule has 3 fully saturated rings. The second-order valence-corrected chi connectivity index (χ2v) is 8.53. The van der Waals surface area contributed by atoms with E-state index in [-0.39, 0.29) is 18.3 Å². The van der Waals surface area contributed by atoms with Crippen LogP contribution < -0.4 is 18.9 Å². The Hall–Kier alpha value is -2.74. The maximum absolute atomic E-state index is 6.26. The van der Waals surface area contributed by atoms with Gasteiger partial charge in [0.25, 0.3) is 0 Å². The van der Waals surface area contributed by atoms with E-state index in [9.17, 15) is 0 Å². The van der Waals surface area contributed by atoms with Gasteiger partial charge in [-0.2, -0.15) is 0 Å². The summed E-state index contributed by atoms with van der Waals surface area (Å²) in [4.78, 5) is 0. The van der Waals surface area contributed by atoms with Crippen LogP contribution >= 0.6 is 0 Å². The van der Waals surface area contributed by atoms with E-state index in [0.29, 0.717) is 55.8 Å². The van der Waals surface area contributed by atoms with Crippen LogP contribution in [0.15, 0.2) is 36.9 Å². The number of allylic oxidation sites excluding steroid dienone is 1. The maximum atomic E-state index is 6.26. The van der Waals surface area contributed by atoms with Crippen LogP contribution in [-0.2, 0) is 27.1 Å². The van der Waals surface area contributed by atoms with Crippen LogP contribution in [-0.4, -0.2) is 65.6 Å². The van der Waals surface area contributed by atoms with E-state index in [1.807, 2.05) is 18.2 Å². The van der Waals surface area contributed by atoms with Crippen molar-refractivity contribution < 1.29 is 33.2 Å². The molecule has 0 amide bonds. The molecule has 0 aromatic heterocycles. The Morgan fingerprint density at radius 2 is 1.27 bits per heavy atom. The number of ether oxygens (including phenoxy) is 7. The standard InChI is InChI=1S/C26H30O7/c1-4-5-16-7-21(25(23(9-16)27-2)32-14-19-12-30-19)22-8-17(6-18-11-29-18)10-24(28-3)26(22)33-15-20-13-31-20/h4,7-10,18-20H,1,5-6,11-15H2,2-3H3. The second kappa shape index (κ2) is 9.63. The molecule has 7 heteroatoms. The Bertz CT molecular complexity index is 1010. The highest BCUT2D eigenvalue weighted by Gasteiger charge is 2.29. The summed E-state index contributed by atoms with van der Waals surface area (Å²) in [5, 5.41) is 0. The van der Waals surface area contributed by atoms with Crippen molar-refractivity contribution in [3.8, 4) is 34.1 Å². The summed E-state index contributed by atoms with van der Waals surface area (Å²) in [5.74, 6) is 2.67. The molecule has 3 saturated heterocycles. The zero-order valence-corrected chi connectivity index (χ0v) is 19.1. The highest BCUT2D eigenvalue weighted by Crippen LogP contribution is 2.47. The van der Waals surface area contributed by atoms with E-state index < -0.39 is 0 Å². The third-order valence-corrected chi connectivity index (χ3v) is 5.84. The van der Waals surface area contributed by atoms with E-state index in [4.69, 9.17) is 33.2 Å². The van der Waals surface area contributed by atoms with E-state index in [1.54, 1.807) is 14.2 Å². The van der Waals surface area contributed by atoms with Gasteiger partial charge in [-0.25, -0.2) is 0 Å². The normalized spacial score (nSPS) is 22.4. The van der Waals surface area contributed by atoms with Crippen molar-refractivity contribution >= 4 is 0 Å². The van der Waals surface area contributed by atoms with Gasteiger partial charge in [0, 0.05) is 17.5 Å². The Morgan fingerprint density at radius 3 is 1.73 bits per heavy atom. The van der Waals surface area contributed by atoms with E-state index >= 15 is 0 Å². The second-order valence-electron chi connectivity index (χ2n) is 8.53. The molecule has 5 rings (SSSR count). The van der Waals surface area contributed by atoms with Crippen molar-refractivity contribution in [2.75, 3.05) is 47.3 Å². The van der Waals surface area contributed by atoms with Gasteiger partial charge in [0.05, 0.1) is 40.1 Å². The van der Waals surface area contributed by atoms with Crippen LogP contribution in [0.1, 0.15) is 11.1 Å². The molecule has 33 heavy (non-hydrogen) atoms. The number of hydrogen-bond donors (Lipinski definition) is 0. The summed E-state index contributed by atoms with van der Waals surface area (Å²) in [5.41, 5.74) is 3.96. The predicted octanol–water partition coefficient (Wildman–Crippen LogP) is 3.60. The van der Waals surface area contributed by atoms with Gasteiger partial charge in [0.2, 0.25) is 0 Å². The summed E-state index contributed by atoms with van der Waals surface area (Å²) in [6, 6.07) is 8.27. The van der Waals surface area contributed by atoms with Crippen molar-refractivity contribution in [2.24, 2.45) is 0 Å². The highest BCUT2D eigenvalue weighted by atomic mass is 16.6. The lowest BCUT2D eigenvalue weighted by molar-refractivity contribution is 0.249. The van der Waals surface area contributed by atoms with Crippen LogP contribution in [0.5, 0.6) is 23.0 Å². The molecule has 3 heterocycles. The first-order valence-electron chi connectivity index (χ1n) is 11.3. The van der Waals surface area contributed by atoms with Gasteiger partial charge >= 0.3 is 0 Å². The maximum Gasteiger partial charge on any atom is 0.169 e. The summed E-state index contributed by atoms with van der Waals surface area (Å²) in [6.07, 6.45) is 3.87. The number of hydrogen-bond acceptors (Lipinski definition) is 7. The van der Waals surface area contributed by atoms with Crippen molar-refractivity contribution in [2.45, 2.75) is 31.2 Å². The molecule has 2 aromatic rings. The molecule has 2 aromatic carbocycles. The van der Waals surface area contributed by atoms with Gasteiger partial charge in [-0.3, -0.25) is 0 Å². The molecular formula is C26H30O7. The number of rotatable bonds is 13. The zero-order valence-electron chi connectivity index (χ0n) is 19.1. The monoisotopic (exact) mass is 454 g/mol. The molecule has 3 atom stereocenters. The highest BCUT2D eigenvalue weighted by molar-refractivity contribution is 5.82. The van der Waals surface area contributed by atoms with Gasteiger partial charge in [-0.15, -0.1) is 6.58 Å². The van der Waals surface area contributed by atoms with Gasteiger partial charge in [-0.1, -0.05) is 6.08 Å². The van der Waals surface area contributed by atoms with Crippen molar-refractivity contribution in [1.82, 2.24) is 0 Å². The lowest BCUT2D eigenvalue weighted by Crippen LogP contribution is -2.09. The van der Waals surface area contributed by atoms with Crippen LogP contribution in [0.3, 0.4) is 0 Å². The third kappa shape index (κ3) is 5.43. The minimum Gasteiger partial charge on any atom is -0.493 e. The molecule has 176 valence electrons. The van der Waals surface area contributed by atoms with Crippen molar-refractivity contribution in [3.63, 3.8) is 0 Å². The zero-order chi connectivity index (χ0) is 22.8. The quantitative estimate of drug-likeness (QED) is 0.338. The first-order valence-corrected chi connectivity index (χ1v) is 11.3. The molecule has 3 unspecified atom stereocenters. The van der Waals surface area contributed by atoms with Crippen LogP contribution in [0.25, 0.3) is 11.1 Å². The van der Waals surface area contributed by atoms with Crippen molar-refractivity contribution in [3.05, 3.63) is 48.0 Å². The smallest absolute Gasteiger partial charge is 0.169 e. The average molecular weight is 455 g/mol. The molecule has 0 N–H and O–H groups in total. The average Bonchev–Trinajstić information content (AvgIpc) is 3.67. The minimum atomic E-state index is 0.117. The predicted molar refractivity (Wildman–Crippen MR) is 123 cm³/mol. The Morgan fingerprint density at radius 1 is 0.788 bits per heavy atom. The molecule has 7 nitrogen and oxygen atoms in total. The molecule has 3 aliphatic rings. The van der Waals surface area contributed by atoms with Gasteiger partial charge in [0.1, 0.15) is 25.4 Å². The largest absolute Gasteiger partial charge is 0.493 e. The van der Waals surface area contributed by atoms with Crippen LogP contribution in [0.2, 0.25) is 0 Å². The molecule has 0 bridgehead atoms. The summed E-state index contributed by atoms with van der Waals surface area (Å²) in [6.45, 7) is 7.04. The fourth-order valence-corrected chi connectivity index (χ4v) is 3.85. The molecule has 0 spiro atoms. The summed E-state index contributed by atoms with van der Waals surface area (Å²) in [7, 11) is 3.31. The summed E-state index contributed by atoms with van der Waals surface area (Å²) < 4.78 is 40.2. The molecule has 0 radical (unpaired) electrons. The molecule has 3 aliphatic heterocycles. The van der Waals surface area contributed by atoms with E-state index in [1.165, 1.54) is 0 Å². The van der Waals surface area contributed by atoms with Crippen LogP contribution in [0.4, 0.5) is 0 Å². The fourth-order valence-electron chi connectivity index (χ4n) is 3.85. The van der Waals surface area contributed by atoms with E-state index in [0.717, 1.165) is 35.3 Å². The lowest BCUT2D eigenvalue weighted by atomic mass is 9.95. The van der Waals surface area contributed by atoms with Crippen molar-refractivity contribution in [1.29, 1.82) is 0 Å². The number of methoxy groups -OCH3 is 2. The van der Waals surface area contributed by atoms with Gasteiger partial charge in [-0.05, 0) is 41.8 Å². The van der Waals surface area contributed by atoms with Crippen LogP contribution in [0, 0.1) is 0 Å². The summed E-state index contributed by atoms with van der Waals surface area (Å²) >= 11 is 0. The van der Waals surface area contributed by atoms with Gasteiger partial charge in [0.15, 0.2) is 23.0 Å². The first kappa shape index (κ1) is 22.1. The minimum absolute atomic E-state index is 0.117. The molecule has 0 saturated carbocycles. The van der Waals surface area contributed by atoms with E-state index in [2.05, 4.69) is 18.7 Å². The number of epoxide rings is 3. The molecular weight excluding hydrogens is 424 g/mol. The number of benzene rings is 2. The topological polar surface area (TPSA) is 74.5 Å². The lowest BCUT2D eigenvalue weighted by Gasteiger charge is -2.21. The Labute approximate surface area is 194 Å². The fraction of sp³-hybridized carbons (Fsp3) is 0.462.